The Morgan fingerprint density at radius 3 is 0.855 bits per heavy atom. The Bertz CT molecular complexity index is 1400. The van der Waals surface area contributed by atoms with Gasteiger partial charge in [-0.2, -0.15) is 0 Å². The van der Waals surface area contributed by atoms with Gasteiger partial charge in [0.15, 0.2) is 6.10 Å². The van der Waals surface area contributed by atoms with Crippen LogP contribution in [-0.4, -0.2) is 37.2 Å². The monoisotopic (exact) mass is 1060 g/mol. The molecule has 0 rings (SSSR count). The number of unbranched alkanes of at least 4 members (excludes halogenated alkanes) is 37. The van der Waals surface area contributed by atoms with Gasteiger partial charge >= 0.3 is 17.9 Å². The standard InChI is InChI=1S/C70H124O6/c1-4-7-10-13-16-19-22-24-26-28-29-30-31-32-33-34-35-36-37-38-39-40-41-43-44-46-48-51-54-57-60-63-69(72)75-66-67(65-74-68(71)62-59-56-53-50-21-18-15-12-9-6-3)76-70(73)64-61-58-55-52-49-47-45-42-27-25-23-20-17-14-11-8-5-2/h8,11,17,20,25,27-29,45,47,52,55,67H,4-7,9-10,12-16,18-19,21-24,26,30-44,46,48-51,53-54,56-66H2,1-3H3/b11-8-,20-17-,27-25-,29-28-,47-45-,55-52-. The summed E-state index contributed by atoms with van der Waals surface area (Å²) >= 11 is 0. The molecular formula is C70H124O6. The normalized spacial score (nSPS) is 12.5. The van der Waals surface area contributed by atoms with Crippen LogP contribution in [0.1, 0.15) is 335 Å². The Balaban J connectivity index is 4.15. The minimum Gasteiger partial charge on any atom is -0.462 e. The van der Waals surface area contributed by atoms with Crippen LogP contribution in [0.2, 0.25) is 0 Å². The lowest BCUT2D eigenvalue weighted by Gasteiger charge is -2.18. The van der Waals surface area contributed by atoms with Crippen molar-refractivity contribution in [2.24, 2.45) is 0 Å². The molecule has 0 fully saturated rings. The van der Waals surface area contributed by atoms with Gasteiger partial charge in [0.2, 0.25) is 0 Å². The first-order valence-electron chi connectivity index (χ1n) is 32.9. The molecule has 0 bridgehead atoms. The topological polar surface area (TPSA) is 78.9 Å². The second-order valence-corrected chi connectivity index (χ2v) is 22.0. The Labute approximate surface area is 472 Å². The molecule has 0 radical (unpaired) electrons. The summed E-state index contributed by atoms with van der Waals surface area (Å²) in [6.45, 7) is 6.50. The highest BCUT2D eigenvalue weighted by Crippen LogP contribution is 2.17. The minimum atomic E-state index is -0.802. The largest absolute Gasteiger partial charge is 0.462 e. The highest BCUT2D eigenvalue weighted by atomic mass is 16.6. The molecule has 6 heteroatoms. The van der Waals surface area contributed by atoms with Crippen LogP contribution < -0.4 is 0 Å². The summed E-state index contributed by atoms with van der Waals surface area (Å²) in [4.78, 5) is 38.2. The second kappa shape index (κ2) is 64.4. The fourth-order valence-corrected chi connectivity index (χ4v) is 9.54. The molecular weight excluding hydrogens is 937 g/mol. The molecule has 0 aromatic heterocycles. The molecule has 1 atom stereocenters. The van der Waals surface area contributed by atoms with E-state index < -0.39 is 6.10 Å². The van der Waals surface area contributed by atoms with Crippen molar-refractivity contribution in [1.29, 1.82) is 0 Å². The average molecular weight is 1060 g/mol. The van der Waals surface area contributed by atoms with Gasteiger partial charge in [0.25, 0.3) is 0 Å². The maximum atomic E-state index is 12.8. The number of hydrogen-bond donors (Lipinski definition) is 0. The summed E-state index contributed by atoms with van der Waals surface area (Å²) in [7, 11) is 0. The first kappa shape index (κ1) is 72.8. The van der Waals surface area contributed by atoms with Gasteiger partial charge in [-0.15, -0.1) is 0 Å². The van der Waals surface area contributed by atoms with Crippen LogP contribution in [0.4, 0.5) is 0 Å². The molecule has 76 heavy (non-hydrogen) atoms. The number of hydrogen-bond acceptors (Lipinski definition) is 6. The van der Waals surface area contributed by atoms with E-state index in [1.165, 1.54) is 212 Å². The van der Waals surface area contributed by atoms with E-state index in [-0.39, 0.29) is 37.5 Å². The molecule has 0 amide bonds. The van der Waals surface area contributed by atoms with Crippen molar-refractivity contribution in [3.63, 3.8) is 0 Å². The van der Waals surface area contributed by atoms with Crippen LogP contribution in [0.25, 0.3) is 0 Å². The number of rotatable bonds is 60. The first-order chi connectivity index (χ1) is 37.5. The van der Waals surface area contributed by atoms with Crippen LogP contribution in [0, 0.1) is 0 Å². The van der Waals surface area contributed by atoms with Gasteiger partial charge in [-0.3, -0.25) is 14.4 Å². The van der Waals surface area contributed by atoms with Gasteiger partial charge in [0, 0.05) is 19.3 Å². The second-order valence-electron chi connectivity index (χ2n) is 22.0. The zero-order valence-corrected chi connectivity index (χ0v) is 50.5. The Hall–Kier alpha value is -3.15. The van der Waals surface area contributed by atoms with Gasteiger partial charge < -0.3 is 14.2 Å². The van der Waals surface area contributed by atoms with Crippen LogP contribution >= 0.6 is 0 Å². The van der Waals surface area contributed by atoms with E-state index in [2.05, 4.69) is 93.7 Å². The summed E-state index contributed by atoms with van der Waals surface area (Å²) in [6.07, 6.45) is 83.8. The maximum absolute atomic E-state index is 12.8. The number of carbonyl (C=O) groups is 3. The third kappa shape index (κ3) is 61.7. The number of allylic oxidation sites excluding steroid dienone is 12. The van der Waals surface area contributed by atoms with Crippen molar-refractivity contribution >= 4 is 17.9 Å². The van der Waals surface area contributed by atoms with E-state index in [9.17, 15) is 14.4 Å². The van der Waals surface area contributed by atoms with Crippen molar-refractivity contribution in [3.8, 4) is 0 Å². The van der Waals surface area contributed by atoms with Gasteiger partial charge in [-0.1, -0.05) is 306 Å². The lowest BCUT2D eigenvalue weighted by molar-refractivity contribution is -0.167. The van der Waals surface area contributed by atoms with Crippen LogP contribution in [0.3, 0.4) is 0 Å². The quantitative estimate of drug-likeness (QED) is 0.0261. The molecule has 0 spiro atoms. The first-order valence-corrected chi connectivity index (χ1v) is 32.9. The van der Waals surface area contributed by atoms with E-state index in [0.29, 0.717) is 19.3 Å². The average Bonchev–Trinajstić information content (AvgIpc) is 3.42. The Morgan fingerprint density at radius 2 is 0.526 bits per heavy atom. The van der Waals surface area contributed by atoms with Crippen molar-refractivity contribution in [2.75, 3.05) is 13.2 Å². The zero-order valence-electron chi connectivity index (χ0n) is 50.5. The maximum Gasteiger partial charge on any atom is 0.306 e. The molecule has 440 valence electrons. The summed E-state index contributed by atoms with van der Waals surface area (Å²) < 4.78 is 16.8. The number of carbonyl (C=O) groups excluding carboxylic acids is 3. The molecule has 0 heterocycles. The predicted molar refractivity (Wildman–Crippen MR) is 330 cm³/mol. The minimum absolute atomic E-state index is 0.0943. The van der Waals surface area contributed by atoms with E-state index >= 15 is 0 Å². The molecule has 0 aliphatic heterocycles. The third-order valence-electron chi connectivity index (χ3n) is 14.4. The lowest BCUT2D eigenvalue weighted by Crippen LogP contribution is -2.30. The van der Waals surface area contributed by atoms with Crippen molar-refractivity contribution in [3.05, 3.63) is 72.9 Å². The van der Waals surface area contributed by atoms with Gasteiger partial charge in [0.1, 0.15) is 13.2 Å². The molecule has 0 saturated heterocycles. The van der Waals surface area contributed by atoms with Crippen LogP contribution in [-0.2, 0) is 28.6 Å². The van der Waals surface area contributed by atoms with E-state index in [0.717, 1.165) is 77.0 Å². The highest BCUT2D eigenvalue weighted by Gasteiger charge is 2.19. The summed E-state index contributed by atoms with van der Waals surface area (Å²) in [6, 6.07) is 0. The summed E-state index contributed by atoms with van der Waals surface area (Å²) in [5.74, 6) is -0.941. The summed E-state index contributed by atoms with van der Waals surface area (Å²) in [5, 5.41) is 0. The van der Waals surface area contributed by atoms with E-state index in [4.69, 9.17) is 14.2 Å². The third-order valence-corrected chi connectivity index (χ3v) is 14.4. The molecule has 1 unspecified atom stereocenters. The molecule has 0 saturated carbocycles. The smallest absolute Gasteiger partial charge is 0.306 e. The predicted octanol–water partition coefficient (Wildman–Crippen LogP) is 22.5. The van der Waals surface area contributed by atoms with E-state index in [1.54, 1.807) is 0 Å². The molecule has 0 aliphatic carbocycles. The highest BCUT2D eigenvalue weighted by molar-refractivity contribution is 5.71. The zero-order chi connectivity index (χ0) is 55.0. The molecule has 6 nitrogen and oxygen atoms in total. The van der Waals surface area contributed by atoms with E-state index in [1.807, 2.05) is 0 Å². The molecule has 0 aliphatic rings. The van der Waals surface area contributed by atoms with Crippen molar-refractivity contribution in [1.82, 2.24) is 0 Å². The SMILES string of the molecule is CC/C=C\C/C=C\C/C=C\C/C=C\C/C=C\CCCC(=O)OC(COC(=O)CCCCCCCCCCCC)COC(=O)CCCCCCCCCCCCCCCCCCCCC/C=C\CCCCCCCCCC. The van der Waals surface area contributed by atoms with Crippen LogP contribution in [0.5, 0.6) is 0 Å². The molecule has 0 aromatic rings. The fourth-order valence-electron chi connectivity index (χ4n) is 9.54. The van der Waals surface area contributed by atoms with Gasteiger partial charge in [-0.05, 0) is 83.5 Å². The number of ether oxygens (including phenoxy) is 3. The van der Waals surface area contributed by atoms with Gasteiger partial charge in [0.05, 0.1) is 0 Å². The van der Waals surface area contributed by atoms with Gasteiger partial charge in [-0.25, -0.2) is 0 Å². The van der Waals surface area contributed by atoms with Crippen molar-refractivity contribution < 1.29 is 28.6 Å². The fraction of sp³-hybridized carbons (Fsp3) is 0.786. The molecule has 0 aromatic carbocycles. The number of esters is 3. The lowest BCUT2D eigenvalue weighted by atomic mass is 10.0. The summed E-state index contributed by atoms with van der Waals surface area (Å²) in [5.41, 5.74) is 0. The Kier molecular flexibility index (Phi) is 61.7. The molecule has 0 N–H and O–H groups in total. The van der Waals surface area contributed by atoms with Crippen molar-refractivity contribution in [2.45, 2.75) is 341 Å². The Morgan fingerprint density at radius 1 is 0.276 bits per heavy atom. The van der Waals surface area contributed by atoms with Crippen LogP contribution in [0.15, 0.2) is 72.9 Å².